The minimum Gasteiger partial charge on any atom is -0.504 e. The molecule has 2 fully saturated rings. The molecule has 1 N–H and O–H groups in total. The fourth-order valence-electron chi connectivity index (χ4n) is 5.41. The van der Waals surface area contributed by atoms with E-state index in [1.54, 1.807) is 6.07 Å². The lowest BCUT2D eigenvalue weighted by Gasteiger charge is -2.39. The summed E-state index contributed by atoms with van der Waals surface area (Å²) >= 11 is 6.06. The van der Waals surface area contributed by atoms with Gasteiger partial charge in [0.25, 0.3) is 0 Å². The van der Waals surface area contributed by atoms with Crippen molar-refractivity contribution in [1.82, 2.24) is 9.88 Å². The number of phenols is 1. The highest BCUT2D eigenvalue weighted by Gasteiger charge is 2.47. The van der Waals surface area contributed by atoms with Gasteiger partial charge in [0.15, 0.2) is 11.6 Å². The van der Waals surface area contributed by atoms with Crippen molar-refractivity contribution in [2.24, 2.45) is 5.92 Å². The van der Waals surface area contributed by atoms with E-state index in [2.05, 4.69) is 30.8 Å². The summed E-state index contributed by atoms with van der Waals surface area (Å²) in [6, 6.07) is 9.20. The Morgan fingerprint density at radius 3 is 2.51 bits per heavy atom. The van der Waals surface area contributed by atoms with Crippen molar-refractivity contribution in [3.8, 4) is 16.9 Å². The van der Waals surface area contributed by atoms with Gasteiger partial charge in [0, 0.05) is 36.3 Å². The average Bonchev–Trinajstić information content (AvgIpc) is 3.67. The quantitative estimate of drug-likeness (QED) is 0.438. The predicted octanol–water partition coefficient (Wildman–Crippen LogP) is 5.80. The predicted molar refractivity (Wildman–Crippen MR) is 139 cm³/mol. The van der Waals surface area contributed by atoms with Crippen LogP contribution in [-0.2, 0) is 10.2 Å². The molecular formula is C28H31ClFN3O2. The number of aromatic hydroxyl groups is 1. The Bertz CT molecular complexity index is 1260. The van der Waals surface area contributed by atoms with Crippen LogP contribution in [0, 0.1) is 11.7 Å². The van der Waals surface area contributed by atoms with Crippen LogP contribution in [0.5, 0.6) is 5.75 Å². The summed E-state index contributed by atoms with van der Waals surface area (Å²) in [6.45, 7) is 4.11. The summed E-state index contributed by atoms with van der Waals surface area (Å²) in [4.78, 5) is 21.5. The molecule has 1 aliphatic carbocycles. The molecule has 7 heteroatoms. The summed E-state index contributed by atoms with van der Waals surface area (Å²) in [5.74, 6) is -0.677. The number of carbonyl (C=O) groups is 1. The van der Waals surface area contributed by atoms with E-state index in [-0.39, 0.29) is 5.02 Å². The van der Waals surface area contributed by atoms with Gasteiger partial charge in [-0.2, -0.15) is 0 Å². The van der Waals surface area contributed by atoms with Crippen LogP contribution in [0.2, 0.25) is 5.02 Å². The highest BCUT2D eigenvalue weighted by atomic mass is 35.5. The van der Waals surface area contributed by atoms with Crippen molar-refractivity contribution in [2.45, 2.75) is 44.1 Å². The largest absolute Gasteiger partial charge is 0.504 e. The number of piperidine rings is 1. The van der Waals surface area contributed by atoms with Gasteiger partial charge in [0.1, 0.15) is 6.29 Å². The van der Waals surface area contributed by atoms with Crippen molar-refractivity contribution >= 4 is 34.5 Å². The first-order chi connectivity index (χ1) is 16.7. The van der Waals surface area contributed by atoms with Crippen molar-refractivity contribution < 1.29 is 14.3 Å². The summed E-state index contributed by atoms with van der Waals surface area (Å²) in [5.41, 5.74) is 3.80. The molecular weight excluding hydrogens is 465 g/mol. The summed E-state index contributed by atoms with van der Waals surface area (Å²) < 4.78 is 14.2. The van der Waals surface area contributed by atoms with Crippen LogP contribution in [0.25, 0.3) is 22.0 Å². The zero-order valence-electron chi connectivity index (χ0n) is 20.4. The fraction of sp³-hybridized carbons (Fsp3) is 0.429. The molecule has 184 valence electrons. The number of benzene rings is 2. The molecule has 1 saturated carbocycles. The Labute approximate surface area is 210 Å². The van der Waals surface area contributed by atoms with E-state index in [9.17, 15) is 14.3 Å². The number of halogens is 2. The first-order valence-electron chi connectivity index (χ1n) is 12.2. The molecule has 0 radical (unpaired) electrons. The molecule has 2 aliphatic rings. The van der Waals surface area contributed by atoms with Crippen LogP contribution >= 0.6 is 11.6 Å². The topological polar surface area (TPSA) is 56.7 Å². The minimum atomic E-state index is -0.755. The third-order valence-electron chi connectivity index (χ3n) is 8.09. The van der Waals surface area contributed by atoms with Gasteiger partial charge in [-0.25, -0.2) is 4.39 Å². The Hall–Kier alpha value is -2.70. The lowest BCUT2D eigenvalue weighted by molar-refractivity contribution is -0.109. The first-order valence-corrected chi connectivity index (χ1v) is 12.6. The summed E-state index contributed by atoms with van der Waals surface area (Å²) in [7, 11) is 4.26. The highest BCUT2D eigenvalue weighted by Crippen LogP contribution is 2.51. The monoisotopic (exact) mass is 495 g/mol. The zero-order chi connectivity index (χ0) is 24.9. The SMILES string of the molecule is CC(C1CCN(c2c(C3(C=O)CC3)cnc3ccc(-c4cc(F)c(O)c(Cl)c4)cc23)CC1)N(C)C. The second-order valence-corrected chi connectivity index (χ2v) is 10.8. The van der Waals surface area contributed by atoms with Crippen molar-refractivity contribution in [3.63, 3.8) is 0 Å². The number of nitrogens with zero attached hydrogens (tertiary/aromatic N) is 3. The highest BCUT2D eigenvalue weighted by molar-refractivity contribution is 6.32. The third-order valence-corrected chi connectivity index (χ3v) is 8.38. The molecule has 1 aromatic heterocycles. The van der Waals surface area contributed by atoms with E-state index in [4.69, 9.17) is 16.6 Å². The molecule has 0 bridgehead atoms. The first kappa shape index (κ1) is 24.0. The van der Waals surface area contributed by atoms with E-state index in [1.807, 2.05) is 24.4 Å². The third kappa shape index (κ3) is 4.27. The number of hydrogen-bond donors (Lipinski definition) is 1. The molecule has 1 aliphatic heterocycles. The zero-order valence-corrected chi connectivity index (χ0v) is 21.1. The van der Waals surface area contributed by atoms with Crippen LogP contribution in [0.15, 0.2) is 36.5 Å². The molecule has 5 nitrogen and oxygen atoms in total. The van der Waals surface area contributed by atoms with Crippen LogP contribution in [-0.4, -0.2) is 54.5 Å². The molecule has 1 saturated heterocycles. The number of aromatic nitrogens is 1. The van der Waals surface area contributed by atoms with Crippen LogP contribution in [0.1, 0.15) is 38.2 Å². The van der Waals surface area contributed by atoms with Gasteiger partial charge in [-0.3, -0.25) is 4.98 Å². The number of rotatable bonds is 6. The summed E-state index contributed by atoms with van der Waals surface area (Å²) in [5, 5.41) is 10.7. The molecule has 1 atom stereocenters. The number of hydrogen-bond acceptors (Lipinski definition) is 5. The van der Waals surface area contributed by atoms with Crippen LogP contribution in [0.3, 0.4) is 0 Å². The molecule has 1 unspecified atom stereocenters. The van der Waals surface area contributed by atoms with E-state index in [1.165, 1.54) is 6.07 Å². The standard InChI is InChI=1S/C28H31ClFN3O2/c1-17(32(2)3)18-6-10-33(11-7-18)26-21-12-19(20-13-23(29)27(35)24(30)14-20)4-5-25(21)31-15-22(26)28(16-34)8-9-28/h4-5,12-18,35H,6-11H2,1-3H3. The summed E-state index contributed by atoms with van der Waals surface area (Å²) in [6.07, 6.45) is 6.79. The molecule has 2 aromatic carbocycles. The van der Waals surface area contributed by atoms with Crippen molar-refractivity contribution in [3.05, 3.63) is 52.9 Å². The molecule has 0 amide bonds. The molecule has 2 heterocycles. The van der Waals surface area contributed by atoms with Gasteiger partial charge in [-0.15, -0.1) is 0 Å². The van der Waals surface area contributed by atoms with Crippen LogP contribution < -0.4 is 4.90 Å². The van der Waals surface area contributed by atoms with E-state index in [0.717, 1.165) is 72.8 Å². The number of phenolic OH excluding ortho intramolecular Hbond substituents is 1. The van der Waals surface area contributed by atoms with E-state index in [0.29, 0.717) is 17.5 Å². The molecule has 0 spiro atoms. The molecule has 35 heavy (non-hydrogen) atoms. The van der Waals surface area contributed by atoms with Gasteiger partial charge in [-0.1, -0.05) is 17.7 Å². The number of pyridine rings is 1. The van der Waals surface area contributed by atoms with Gasteiger partial charge in [0.05, 0.1) is 21.6 Å². The Morgan fingerprint density at radius 1 is 1.20 bits per heavy atom. The van der Waals surface area contributed by atoms with E-state index >= 15 is 0 Å². The Morgan fingerprint density at radius 2 is 1.91 bits per heavy atom. The average molecular weight is 496 g/mol. The lowest BCUT2D eigenvalue weighted by atomic mass is 9.87. The maximum Gasteiger partial charge on any atom is 0.170 e. The number of carbonyl (C=O) groups excluding carboxylic acids is 1. The van der Waals surface area contributed by atoms with Gasteiger partial charge >= 0.3 is 0 Å². The second kappa shape index (κ2) is 9.07. The maximum atomic E-state index is 14.2. The van der Waals surface area contributed by atoms with Crippen molar-refractivity contribution in [1.29, 1.82) is 0 Å². The van der Waals surface area contributed by atoms with Gasteiger partial charge < -0.3 is 19.7 Å². The Kier molecular flexibility index (Phi) is 6.22. The van der Waals surface area contributed by atoms with Gasteiger partial charge in [0.2, 0.25) is 0 Å². The second-order valence-electron chi connectivity index (χ2n) is 10.3. The van der Waals surface area contributed by atoms with Crippen molar-refractivity contribution in [2.75, 3.05) is 32.1 Å². The lowest BCUT2D eigenvalue weighted by Crippen LogP contribution is -2.42. The number of anilines is 1. The fourth-order valence-corrected chi connectivity index (χ4v) is 5.62. The van der Waals surface area contributed by atoms with E-state index < -0.39 is 17.0 Å². The Balaban J connectivity index is 1.61. The normalized spacial score (nSPS) is 18.7. The minimum absolute atomic E-state index is 0.0258. The molecule has 5 rings (SSSR count). The maximum absolute atomic E-state index is 14.2. The van der Waals surface area contributed by atoms with Crippen LogP contribution in [0.4, 0.5) is 10.1 Å². The van der Waals surface area contributed by atoms with Gasteiger partial charge in [-0.05, 0) is 88.0 Å². The smallest absolute Gasteiger partial charge is 0.170 e. The molecule has 3 aromatic rings. The number of aldehydes is 1. The number of fused-ring (bicyclic) bond motifs is 1.